The molecule has 0 radical (unpaired) electrons. The minimum absolute atomic E-state index is 0.489. The summed E-state index contributed by atoms with van der Waals surface area (Å²) in [7, 11) is 0. The number of hydrogen-bond donors (Lipinski definition) is 0. The Morgan fingerprint density at radius 1 is 1.43 bits per heavy atom. The molecule has 0 atom stereocenters. The summed E-state index contributed by atoms with van der Waals surface area (Å²) in [5, 5.41) is 4.53. The van der Waals surface area contributed by atoms with E-state index in [1.54, 1.807) is 6.07 Å². The molecule has 0 N–H and O–H groups in total. The van der Waals surface area contributed by atoms with Gasteiger partial charge in [-0.2, -0.15) is 4.98 Å². The van der Waals surface area contributed by atoms with Gasteiger partial charge in [-0.25, -0.2) is 4.98 Å². The van der Waals surface area contributed by atoms with Gasteiger partial charge in [-0.15, -0.1) is 0 Å². The Kier molecular flexibility index (Phi) is 3.88. The second-order valence-corrected chi connectivity index (χ2v) is 3.74. The van der Waals surface area contributed by atoms with Gasteiger partial charge in [0.25, 0.3) is 5.88 Å². The number of oxime groups is 1. The zero-order valence-electron chi connectivity index (χ0n) is 8.74. The monoisotopic (exact) mass is 211 g/mol. The predicted molar refractivity (Wildman–Crippen MR) is 58.0 cm³/mol. The van der Waals surface area contributed by atoms with Crippen LogP contribution in [0.1, 0.15) is 19.5 Å². The minimum atomic E-state index is 0.489. The summed E-state index contributed by atoms with van der Waals surface area (Å²) in [5.74, 6) is 0.489. The first-order valence-electron chi connectivity index (χ1n) is 4.19. The number of rotatable bonds is 3. The molecule has 1 aromatic rings. The van der Waals surface area contributed by atoms with Gasteiger partial charge in [0.05, 0.1) is 5.71 Å². The van der Waals surface area contributed by atoms with Gasteiger partial charge in [0, 0.05) is 11.8 Å². The van der Waals surface area contributed by atoms with Crippen LogP contribution in [0.15, 0.2) is 16.4 Å². The lowest BCUT2D eigenvalue weighted by Crippen LogP contribution is -1.95. The van der Waals surface area contributed by atoms with Gasteiger partial charge >= 0.3 is 0 Å². The molecule has 0 aliphatic rings. The molecule has 0 spiro atoms. The molecule has 0 bridgehead atoms. The summed E-state index contributed by atoms with van der Waals surface area (Å²) < 4.78 is 0. The van der Waals surface area contributed by atoms with Crippen LogP contribution < -0.4 is 4.84 Å². The number of aromatic nitrogens is 2. The lowest BCUT2D eigenvalue weighted by molar-refractivity contribution is 0.322. The third-order valence-electron chi connectivity index (χ3n) is 1.31. The first-order valence-corrected chi connectivity index (χ1v) is 5.42. The lowest BCUT2D eigenvalue weighted by atomic mass is 10.4. The maximum atomic E-state index is 5.11. The fourth-order valence-electron chi connectivity index (χ4n) is 0.789. The Hall–Kier alpha value is -1.10. The Labute approximate surface area is 87.8 Å². The molecule has 0 unspecified atom stereocenters. The summed E-state index contributed by atoms with van der Waals surface area (Å²) in [5.41, 5.74) is 1.73. The van der Waals surface area contributed by atoms with E-state index in [2.05, 4.69) is 15.1 Å². The standard InChI is InChI=1S/C9H13N3OS/c1-6(2)12-13-8-5-7(3)10-9(11-8)14-4/h5H,1-4H3. The molecule has 14 heavy (non-hydrogen) atoms. The molecule has 0 aromatic carbocycles. The van der Waals surface area contributed by atoms with Crippen LogP contribution in [0.3, 0.4) is 0 Å². The molecule has 1 heterocycles. The third kappa shape index (κ3) is 3.33. The summed E-state index contributed by atoms with van der Waals surface area (Å²) in [4.78, 5) is 13.5. The SMILES string of the molecule is CSc1nc(C)cc(ON=C(C)C)n1. The van der Waals surface area contributed by atoms with Crippen molar-refractivity contribution in [3.8, 4) is 5.88 Å². The van der Waals surface area contributed by atoms with Crippen LogP contribution in [0.2, 0.25) is 0 Å². The van der Waals surface area contributed by atoms with Gasteiger partial charge in [0.2, 0.25) is 0 Å². The number of hydrogen-bond acceptors (Lipinski definition) is 5. The van der Waals surface area contributed by atoms with E-state index in [-0.39, 0.29) is 0 Å². The van der Waals surface area contributed by atoms with Gasteiger partial charge in [-0.1, -0.05) is 16.9 Å². The van der Waals surface area contributed by atoms with E-state index in [9.17, 15) is 0 Å². The maximum absolute atomic E-state index is 5.11. The highest BCUT2D eigenvalue weighted by Crippen LogP contribution is 2.15. The predicted octanol–water partition coefficient (Wildman–Crippen LogP) is 2.28. The van der Waals surface area contributed by atoms with Crippen molar-refractivity contribution >= 4 is 17.5 Å². The molecule has 0 saturated heterocycles. The molecule has 1 rings (SSSR count). The van der Waals surface area contributed by atoms with Gasteiger partial charge in [-0.05, 0) is 27.0 Å². The fraction of sp³-hybridized carbons (Fsp3) is 0.444. The number of nitrogens with zero attached hydrogens (tertiary/aromatic N) is 3. The summed E-state index contributed by atoms with van der Waals surface area (Å²) in [6, 6.07) is 1.76. The first kappa shape index (κ1) is 11.0. The average Bonchev–Trinajstić information content (AvgIpc) is 2.14. The summed E-state index contributed by atoms with van der Waals surface area (Å²) in [6.07, 6.45) is 1.92. The highest BCUT2D eigenvalue weighted by Gasteiger charge is 2.01. The normalized spacial score (nSPS) is 9.71. The molecular weight excluding hydrogens is 198 g/mol. The van der Waals surface area contributed by atoms with E-state index >= 15 is 0 Å². The van der Waals surface area contributed by atoms with Crippen LogP contribution in [0.25, 0.3) is 0 Å². The molecule has 76 valence electrons. The van der Waals surface area contributed by atoms with E-state index in [0.717, 1.165) is 11.4 Å². The topological polar surface area (TPSA) is 47.4 Å². The smallest absolute Gasteiger partial charge is 0.252 e. The van der Waals surface area contributed by atoms with Crippen LogP contribution in [0, 0.1) is 6.92 Å². The Morgan fingerprint density at radius 2 is 2.14 bits per heavy atom. The average molecular weight is 211 g/mol. The molecule has 0 fully saturated rings. The van der Waals surface area contributed by atoms with Crippen LogP contribution in [-0.2, 0) is 0 Å². The Morgan fingerprint density at radius 3 is 2.71 bits per heavy atom. The number of aryl methyl sites for hydroxylation is 1. The minimum Gasteiger partial charge on any atom is -0.336 e. The quantitative estimate of drug-likeness (QED) is 0.333. The first-order chi connectivity index (χ1) is 6.61. The van der Waals surface area contributed by atoms with E-state index in [1.807, 2.05) is 27.0 Å². The highest BCUT2D eigenvalue weighted by atomic mass is 32.2. The van der Waals surface area contributed by atoms with Crippen molar-refractivity contribution in [1.82, 2.24) is 9.97 Å². The molecule has 1 aromatic heterocycles. The van der Waals surface area contributed by atoms with Crippen molar-refractivity contribution in [3.05, 3.63) is 11.8 Å². The zero-order chi connectivity index (χ0) is 10.6. The van der Waals surface area contributed by atoms with Crippen LogP contribution in [0.4, 0.5) is 0 Å². The van der Waals surface area contributed by atoms with Gasteiger partial charge < -0.3 is 4.84 Å². The summed E-state index contributed by atoms with van der Waals surface area (Å²) in [6.45, 7) is 5.63. The molecular formula is C9H13N3OS. The molecule has 0 amide bonds. The van der Waals surface area contributed by atoms with Gasteiger partial charge in [0.15, 0.2) is 5.16 Å². The third-order valence-corrected chi connectivity index (χ3v) is 1.86. The van der Waals surface area contributed by atoms with Crippen LogP contribution in [-0.4, -0.2) is 21.9 Å². The van der Waals surface area contributed by atoms with E-state index in [4.69, 9.17) is 4.84 Å². The summed E-state index contributed by atoms with van der Waals surface area (Å²) >= 11 is 1.48. The largest absolute Gasteiger partial charge is 0.336 e. The van der Waals surface area contributed by atoms with Gasteiger partial charge in [0.1, 0.15) is 0 Å². The second-order valence-electron chi connectivity index (χ2n) is 2.96. The Balaban J connectivity index is 2.86. The molecule has 0 saturated carbocycles. The Bertz CT molecular complexity index is 348. The highest BCUT2D eigenvalue weighted by molar-refractivity contribution is 7.98. The van der Waals surface area contributed by atoms with Crippen molar-refractivity contribution in [2.24, 2.45) is 5.16 Å². The van der Waals surface area contributed by atoms with Crippen LogP contribution in [0.5, 0.6) is 5.88 Å². The molecule has 0 aliphatic carbocycles. The lowest BCUT2D eigenvalue weighted by Gasteiger charge is -2.01. The molecule has 4 nitrogen and oxygen atoms in total. The van der Waals surface area contributed by atoms with Crippen molar-refractivity contribution in [2.45, 2.75) is 25.9 Å². The number of thioether (sulfide) groups is 1. The van der Waals surface area contributed by atoms with Crippen molar-refractivity contribution < 1.29 is 4.84 Å². The van der Waals surface area contributed by atoms with Gasteiger partial charge in [-0.3, -0.25) is 0 Å². The van der Waals surface area contributed by atoms with E-state index < -0.39 is 0 Å². The maximum Gasteiger partial charge on any atom is 0.252 e. The van der Waals surface area contributed by atoms with Crippen LogP contribution >= 0.6 is 11.8 Å². The molecule has 0 aliphatic heterocycles. The van der Waals surface area contributed by atoms with E-state index in [1.165, 1.54) is 11.8 Å². The van der Waals surface area contributed by atoms with E-state index in [0.29, 0.717) is 11.0 Å². The molecule has 5 heteroatoms. The van der Waals surface area contributed by atoms with Crippen molar-refractivity contribution in [3.63, 3.8) is 0 Å². The van der Waals surface area contributed by atoms with Crippen molar-refractivity contribution in [2.75, 3.05) is 6.26 Å². The zero-order valence-corrected chi connectivity index (χ0v) is 9.55. The van der Waals surface area contributed by atoms with Crippen molar-refractivity contribution in [1.29, 1.82) is 0 Å². The second kappa shape index (κ2) is 4.95. The fourth-order valence-corrected chi connectivity index (χ4v) is 1.21.